The molecule has 0 radical (unpaired) electrons. The molecule has 39 heavy (non-hydrogen) atoms. The van der Waals surface area contributed by atoms with Gasteiger partial charge in [-0.25, -0.2) is 0 Å². The fourth-order valence-corrected chi connectivity index (χ4v) is 6.48. The van der Waals surface area contributed by atoms with Crippen LogP contribution in [-0.4, -0.2) is 25.9 Å². The highest BCUT2D eigenvalue weighted by Crippen LogP contribution is 2.44. The molecule has 200 valence electrons. The number of hydrogen-bond acceptors (Lipinski definition) is 4. The Morgan fingerprint density at radius 2 is 1.79 bits per heavy atom. The Kier molecular flexibility index (Phi) is 6.95. The molecule has 2 atom stereocenters. The summed E-state index contributed by atoms with van der Waals surface area (Å²) in [6, 6.07) is 21.1. The number of nitrogens with zero attached hydrogens (tertiary/aromatic N) is 3. The minimum Gasteiger partial charge on any atom is -0.506 e. The maximum atomic E-state index is 10.7. The van der Waals surface area contributed by atoms with Crippen LogP contribution in [0.15, 0.2) is 72.9 Å². The highest BCUT2D eigenvalue weighted by atomic mass is 35.5. The Labute approximate surface area is 239 Å². The van der Waals surface area contributed by atoms with Gasteiger partial charge in [-0.2, -0.15) is 0 Å². The van der Waals surface area contributed by atoms with Crippen molar-refractivity contribution in [2.24, 2.45) is 0 Å². The first kappa shape index (κ1) is 25.7. The number of hydrogen-bond donors (Lipinski definition) is 2. The minimum absolute atomic E-state index is 0.170. The van der Waals surface area contributed by atoms with Crippen molar-refractivity contribution in [2.75, 3.05) is 4.90 Å². The second-order valence-electron chi connectivity index (χ2n) is 10.3. The molecule has 0 spiro atoms. The summed E-state index contributed by atoms with van der Waals surface area (Å²) in [6.45, 7) is 4.10. The van der Waals surface area contributed by atoms with E-state index >= 15 is 0 Å². The first-order valence-electron chi connectivity index (χ1n) is 13.4. The van der Waals surface area contributed by atoms with Gasteiger partial charge in [0.2, 0.25) is 0 Å². The van der Waals surface area contributed by atoms with Gasteiger partial charge in [-0.1, -0.05) is 17.7 Å². The van der Waals surface area contributed by atoms with Crippen LogP contribution in [0, 0.1) is 13.8 Å². The van der Waals surface area contributed by atoms with Crippen molar-refractivity contribution in [2.45, 2.75) is 57.7 Å². The van der Waals surface area contributed by atoms with Gasteiger partial charge in [0, 0.05) is 28.3 Å². The summed E-state index contributed by atoms with van der Waals surface area (Å²) in [7, 11) is 0. The lowest BCUT2D eigenvalue weighted by molar-refractivity contribution is 0.210. The van der Waals surface area contributed by atoms with E-state index in [1.54, 1.807) is 18.2 Å². The summed E-state index contributed by atoms with van der Waals surface area (Å²) in [4.78, 5) is 6.84. The average Bonchev–Trinajstić information content (AvgIpc) is 3.64. The summed E-state index contributed by atoms with van der Waals surface area (Å²) in [5.41, 5.74) is 5.59. The van der Waals surface area contributed by atoms with Crippen LogP contribution in [0.3, 0.4) is 0 Å². The van der Waals surface area contributed by atoms with Crippen molar-refractivity contribution in [1.82, 2.24) is 14.9 Å². The smallest absolute Gasteiger partial charge is 0.174 e. The quantitative estimate of drug-likeness (QED) is 0.241. The van der Waals surface area contributed by atoms with E-state index in [0.29, 0.717) is 21.9 Å². The average molecular weight is 559 g/mol. The summed E-state index contributed by atoms with van der Waals surface area (Å²) < 4.78 is 8.26. The maximum Gasteiger partial charge on any atom is 0.174 e. The van der Waals surface area contributed by atoms with Crippen molar-refractivity contribution in [3.05, 3.63) is 101 Å². The minimum atomic E-state index is -0.171. The Morgan fingerprint density at radius 3 is 2.51 bits per heavy atom. The number of phenols is 1. The lowest BCUT2D eigenvalue weighted by Gasteiger charge is -2.28. The molecular weight excluding hydrogens is 528 g/mol. The van der Waals surface area contributed by atoms with Crippen LogP contribution in [0.2, 0.25) is 5.02 Å². The summed E-state index contributed by atoms with van der Waals surface area (Å²) in [6.07, 6.45) is 6.82. The molecule has 4 aromatic rings. The maximum absolute atomic E-state index is 10.7. The molecule has 0 bridgehead atoms. The Bertz CT molecular complexity index is 1500. The number of nitrogens with one attached hydrogen (secondary N) is 1. The van der Waals surface area contributed by atoms with E-state index in [1.807, 2.05) is 48.0 Å². The zero-order valence-electron chi connectivity index (χ0n) is 22.0. The molecule has 0 amide bonds. The van der Waals surface area contributed by atoms with Gasteiger partial charge in [-0.05, 0) is 118 Å². The van der Waals surface area contributed by atoms with E-state index in [2.05, 4.69) is 40.3 Å². The molecule has 2 aromatic carbocycles. The van der Waals surface area contributed by atoms with Crippen LogP contribution in [0.5, 0.6) is 11.5 Å². The molecule has 1 saturated heterocycles. The van der Waals surface area contributed by atoms with Gasteiger partial charge in [0.25, 0.3) is 0 Å². The predicted octanol–water partition coefficient (Wildman–Crippen LogP) is 7.35. The molecule has 2 aliphatic rings. The van der Waals surface area contributed by atoms with Crippen LogP contribution in [-0.2, 0) is 0 Å². The van der Waals surface area contributed by atoms with Crippen LogP contribution >= 0.6 is 23.8 Å². The number of anilines is 1. The van der Waals surface area contributed by atoms with Crippen LogP contribution in [0.25, 0.3) is 5.69 Å². The Balaban J connectivity index is 1.43. The third-order valence-corrected chi connectivity index (χ3v) is 8.33. The number of rotatable bonds is 6. The van der Waals surface area contributed by atoms with Crippen molar-refractivity contribution in [1.29, 1.82) is 0 Å². The van der Waals surface area contributed by atoms with Gasteiger partial charge in [0.1, 0.15) is 11.5 Å². The van der Waals surface area contributed by atoms with Crippen LogP contribution in [0.1, 0.15) is 60.4 Å². The zero-order valence-corrected chi connectivity index (χ0v) is 23.5. The van der Waals surface area contributed by atoms with E-state index in [1.165, 1.54) is 12.8 Å². The summed E-state index contributed by atoms with van der Waals surface area (Å²) >= 11 is 12.2. The first-order chi connectivity index (χ1) is 18.9. The normalized spacial score (nSPS) is 19.5. The molecule has 2 N–H and O–H groups in total. The molecule has 6 nitrogen and oxygen atoms in total. The number of aromatic hydroxyl groups is 1. The fourth-order valence-electron chi connectivity index (χ4n) is 5.97. The van der Waals surface area contributed by atoms with Crippen molar-refractivity contribution < 1.29 is 9.84 Å². The highest BCUT2D eigenvalue weighted by Gasteiger charge is 2.42. The van der Waals surface area contributed by atoms with E-state index in [0.717, 1.165) is 46.9 Å². The molecule has 6 rings (SSSR count). The van der Waals surface area contributed by atoms with Gasteiger partial charge in [0.15, 0.2) is 5.11 Å². The van der Waals surface area contributed by atoms with Gasteiger partial charge in [-0.3, -0.25) is 4.98 Å². The molecule has 2 aromatic heterocycles. The second-order valence-corrected chi connectivity index (χ2v) is 11.1. The predicted molar refractivity (Wildman–Crippen MR) is 159 cm³/mol. The third-order valence-electron chi connectivity index (χ3n) is 7.79. The zero-order chi connectivity index (χ0) is 27.1. The van der Waals surface area contributed by atoms with Gasteiger partial charge >= 0.3 is 0 Å². The van der Waals surface area contributed by atoms with E-state index in [4.69, 9.17) is 28.6 Å². The monoisotopic (exact) mass is 558 g/mol. The Morgan fingerprint density at radius 1 is 1.03 bits per heavy atom. The number of pyridine rings is 1. The summed E-state index contributed by atoms with van der Waals surface area (Å²) in [5.74, 6) is 1.06. The molecule has 1 aliphatic heterocycles. The number of phenolic OH excluding ortho intramolecular Hbond substituents is 1. The molecular formula is C31H31ClN4O2S. The number of ether oxygens (including phenoxy) is 1. The highest BCUT2D eigenvalue weighted by molar-refractivity contribution is 7.80. The molecule has 0 unspecified atom stereocenters. The topological polar surface area (TPSA) is 62.5 Å². The number of benzene rings is 2. The van der Waals surface area contributed by atoms with Crippen molar-refractivity contribution >= 4 is 34.6 Å². The van der Waals surface area contributed by atoms with Crippen LogP contribution < -0.4 is 15.0 Å². The third kappa shape index (κ3) is 4.85. The van der Waals surface area contributed by atoms with E-state index in [9.17, 15) is 5.11 Å². The molecule has 1 aliphatic carbocycles. The van der Waals surface area contributed by atoms with Gasteiger partial charge in [0.05, 0.1) is 29.6 Å². The molecule has 2 fully saturated rings. The van der Waals surface area contributed by atoms with Crippen molar-refractivity contribution in [3.8, 4) is 17.2 Å². The summed E-state index contributed by atoms with van der Waals surface area (Å²) in [5, 5.41) is 15.4. The molecule has 8 heteroatoms. The van der Waals surface area contributed by atoms with Crippen LogP contribution in [0.4, 0.5) is 5.69 Å². The van der Waals surface area contributed by atoms with Gasteiger partial charge < -0.3 is 24.6 Å². The second kappa shape index (κ2) is 10.5. The SMILES string of the molecule is Cc1cc([C@H]2[C@@H](c3ccccn3)NC(=S)N2c2ccc(OC3CCCC3)cc2)c(C)n1-c1cc(Cl)ccc1O. The molecule has 1 saturated carbocycles. The first-order valence-corrected chi connectivity index (χ1v) is 14.1. The van der Waals surface area contributed by atoms with E-state index in [-0.39, 0.29) is 17.8 Å². The number of aryl methyl sites for hydroxylation is 1. The van der Waals surface area contributed by atoms with Crippen molar-refractivity contribution in [3.63, 3.8) is 0 Å². The number of thiocarbonyl (C=S) groups is 1. The standard InChI is InChI=1S/C31H31ClN4O2S/c1-19-17-25(20(2)35(19)27-18-21(32)10-15-28(27)37)30-29(26-9-5-6-16-33-26)34-31(39)36(30)22-11-13-24(14-12-22)38-23-7-3-4-8-23/h5-6,9-18,23,29-30,37H,3-4,7-8H2,1-2H3,(H,34,39)/t29-,30+/m1/s1. The van der Waals surface area contributed by atoms with Gasteiger partial charge in [-0.15, -0.1) is 0 Å². The Hall–Kier alpha value is -3.55. The van der Waals surface area contributed by atoms with E-state index < -0.39 is 0 Å². The lowest BCUT2D eigenvalue weighted by atomic mass is 9.96. The number of halogens is 1. The number of aromatic nitrogens is 2. The molecule has 3 heterocycles. The largest absolute Gasteiger partial charge is 0.506 e. The lowest BCUT2D eigenvalue weighted by Crippen LogP contribution is -2.29. The fraction of sp³-hybridized carbons (Fsp3) is 0.290.